The van der Waals surface area contributed by atoms with Crippen LogP contribution < -0.4 is 4.74 Å². The number of ether oxygens (including phenoxy) is 1. The van der Waals surface area contributed by atoms with E-state index in [9.17, 15) is 0 Å². The van der Waals surface area contributed by atoms with Crippen molar-refractivity contribution in [1.82, 2.24) is 0 Å². The molecule has 1 heteroatoms. The third kappa shape index (κ3) is 3.45. The fraction of sp³-hybridized carbons (Fsp3) is 0.440. The van der Waals surface area contributed by atoms with E-state index in [0.29, 0.717) is 0 Å². The minimum absolute atomic E-state index is 0.0264. The molecule has 1 nitrogen and oxygen atoms in total. The Hall–Kier alpha value is -2.02. The van der Waals surface area contributed by atoms with Gasteiger partial charge in [0, 0.05) is 11.1 Å². The lowest BCUT2D eigenvalue weighted by molar-refractivity contribution is 0.395. The molecule has 0 radical (unpaired) electrons. The van der Waals surface area contributed by atoms with Gasteiger partial charge in [0.2, 0.25) is 0 Å². The van der Waals surface area contributed by atoms with E-state index in [2.05, 4.69) is 84.1 Å². The van der Waals surface area contributed by atoms with Gasteiger partial charge in [0.15, 0.2) is 0 Å². The Bertz CT molecular complexity index is 830. The second-order valence-corrected chi connectivity index (χ2v) is 9.40. The van der Waals surface area contributed by atoms with Crippen LogP contribution in [-0.4, -0.2) is 7.11 Å². The number of rotatable bonds is 3. The number of allylic oxidation sites excluding steroid dienone is 8. The minimum Gasteiger partial charge on any atom is -0.496 e. The highest BCUT2D eigenvalue weighted by molar-refractivity contribution is 5.89. The Morgan fingerprint density at radius 1 is 0.885 bits per heavy atom. The van der Waals surface area contributed by atoms with Gasteiger partial charge in [-0.25, -0.2) is 0 Å². The zero-order valence-electron chi connectivity index (χ0n) is 17.4. The molecule has 3 rings (SSSR count). The van der Waals surface area contributed by atoms with E-state index in [1.807, 2.05) is 0 Å². The van der Waals surface area contributed by atoms with Crippen LogP contribution in [0.1, 0.15) is 71.1 Å². The second-order valence-electron chi connectivity index (χ2n) is 9.40. The molecular weight excluding hydrogens is 316 g/mol. The largest absolute Gasteiger partial charge is 0.496 e. The smallest absolute Gasteiger partial charge is 0.130 e. The van der Waals surface area contributed by atoms with Crippen molar-refractivity contribution in [3.63, 3.8) is 0 Å². The number of hydrogen-bond donors (Lipinski definition) is 0. The lowest BCUT2D eigenvalue weighted by atomic mass is 9.77. The van der Waals surface area contributed by atoms with Crippen molar-refractivity contribution in [3.05, 3.63) is 70.3 Å². The van der Waals surface area contributed by atoms with Crippen molar-refractivity contribution in [3.8, 4) is 5.75 Å². The maximum atomic E-state index is 5.99. The summed E-state index contributed by atoms with van der Waals surface area (Å²) in [7, 11) is 1.81. The zero-order chi connectivity index (χ0) is 19.1. The zero-order valence-corrected chi connectivity index (χ0v) is 17.4. The third-order valence-corrected chi connectivity index (χ3v) is 5.31. The third-order valence-electron chi connectivity index (χ3n) is 5.31. The molecule has 138 valence electrons. The van der Waals surface area contributed by atoms with Crippen molar-refractivity contribution in [2.45, 2.75) is 65.2 Å². The van der Waals surface area contributed by atoms with E-state index in [1.165, 1.54) is 33.4 Å². The normalized spacial score (nSPS) is 17.3. The Morgan fingerprint density at radius 2 is 1.58 bits per heavy atom. The summed E-state index contributed by atoms with van der Waals surface area (Å²) in [6.07, 6.45) is 13.4. The van der Waals surface area contributed by atoms with Gasteiger partial charge in [-0.3, -0.25) is 0 Å². The Balaban J connectivity index is 2.21. The molecule has 0 aliphatic heterocycles. The molecular formula is C25H32O. The summed E-state index contributed by atoms with van der Waals surface area (Å²) < 4.78 is 5.99. The predicted octanol–water partition coefficient (Wildman–Crippen LogP) is 6.89. The van der Waals surface area contributed by atoms with Crippen LogP contribution in [0.15, 0.2) is 53.7 Å². The van der Waals surface area contributed by atoms with E-state index in [-0.39, 0.29) is 10.8 Å². The van der Waals surface area contributed by atoms with Crippen molar-refractivity contribution in [2.75, 3.05) is 7.11 Å². The topological polar surface area (TPSA) is 9.23 Å². The van der Waals surface area contributed by atoms with Gasteiger partial charge in [-0.2, -0.15) is 0 Å². The van der Waals surface area contributed by atoms with Gasteiger partial charge in [0.05, 0.1) is 7.11 Å². The summed E-state index contributed by atoms with van der Waals surface area (Å²) in [5, 5.41) is 0. The average Bonchev–Trinajstić information content (AvgIpc) is 3.22. The first-order chi connectivity index (χ1) is 12.1. The molecule has 1 aromatic carbocycles. The van der Waals surface area contributed by atoms with E-state index in [1.54, 1.807) is 7.11 Å². The quantitative estimate of drug-likeness (QED) is 0.578. The van der Waals surface area contributed by atoms with E-state index in [0.717, 1.165) is 18.6 Å². The van der Waals surface area contributed by atoms with Crippen LogP contribution in [0.5, 0.6) is 5.75 Å². The molecule has 0 spiro atoms. The van der Waals surface area contributed by atoms with Crippen LogP contribution in [0.2, 0.25) is 0 Å². The highest BCUT2D eigenvalue weighted by atomic mass is 16.5. The fourth-order valence-corrected chi connectivity index (χ4v) is 3.76. The van der Waals surface area contributed by atoms with E-state index < -0.39 is 0 Å². The molecule has 1 aromatic rings. The lowest BCUT2D eigenvalue weighted by Crippen LogP contribution is -2.18. The van der Waals surface area contributed by atoms with Crippen LogP contribution in [0, 0.1) is 0 Å². The minimum atomic E-state index is 0.0264. The SMILES string of the molecule is COc1c(C2=CCC=C2C2=CC=CC2)cc(C(C)(C)C)cc1C(C)(C)C. The summed E-state index contributed by atoms with van der Waals surface area (Å²) >= 11 is 0. The van der Waals surface area contributed by atoms with Gasteiger partial charge < -0.3 is 4.74 Å². The molecule has 2 aliphatic rings. The number of benzene rings is 1. The van der Waals surface area contributed by atoms with Crippen molar-refractivity contribution < 1.29 is 4.74 Å². The average molecular weight is 349 g/mol. The predicted molar refractivity (Wildman–Crippen MR) is 113 cm³/mol. The molecule has 0 aromatic heterocycles. The van der Waals surface area contributed by atoms with Crippen LogP contribution in [0.4, 0.5) is 0 Å². The lowest BCUT2D eigenvalue weighted by Gasteiger charge is -2.29. The molecule has 0 amide bonds. The van der Waals surface area contributed by atoms with Crippen molar-refractivity contribution in [2.24, 2.45) is 0 Å². The van der Waals surface area contributed by atoms with Crippen LogP contribution >= 0.6 is 0 Å². The molecule has 0 N–H and O–H groups in total. The van der Waals surface area contributed by atoms with Gasteiger partial charge in [0.25, 0.3) is 0 Å². The first-order valence-electron chi connectivity index (χ1n) is 9.63. The van der Waals surface area contributed by atoms with Crippen molar-refractivity contribution >= 4 is 5.57 Å². The molecule has 0 heterocycles. The first-order valence-corrected chi connectivity index (χ1v) is 9.63. The second kappa shape index (κ2) is 6.61. The molecule has 0 unspecified atom stereocenters. The standard InChI is InChI=1S/C25H32O/c1-24(2,3)18-15-21(23(26-7)22(16-18)25(4,5)6)20-14-10-13-19(20)17-11-8-9-12-17/h8-9,11,13-16H,10,12H2,1-7H3. The molecule has 0 bridgehead atoms. The van der Waals surface area contributed by atoms with Gasteiger partial charge in [0.1, 0.15) is 5.75 Å². The van der Waals surface area contributed by atoms with E-state index in [4.69, 9.17) is 4.74 Å². The maximum absolute atomic E-state index is 5.99. The number of methoxy groups -OCH3 is 1. The van der Waals surface area contributed by atoms with Crippen LogP contribution in [0.3, 0.4) is 0 Å². The Kier molecular flexibility index (Phi) is 4.77. The summed E-state index contributed by atoms with van der Waals surface area (Å²) in [6.45, 7) is 13.7. The summed E-state index contributed by atoms with van der Waals surface area (Å²) in [5.41, 5.74) is 8.12. The summed E-state index contributed by atoms with van der Waals surface area (Å²) in [6, 6.07) is 4.69. The van der Waals surface area contributed by atoms with Crippen LogP contribution in [0.25, 0.3) is 5.57 Å². The highest BCUT2D eigenvalue weighted by Gasteiger charge is 2.28. The first kappa shape index (κ1) is 18.8. The molecule has 0 saturated carbocycles. The molecule has 2 aliphatic carbocycles. The number of hydrogen-bond acceptors (Lipinski definition) is 1. The van der Waals surface area contributed by atoms with Gasteiger partial charge in [-0.15, -0.1) is 0 Å². The Labute approximate surface area is 159 Å². The Morgan fingerprint density at radius 3 is 2.12 bits per heavy atom. The summed E-state index contributed by atoms with van der Waals surface area (Å²) in [4.78, 5) is 0. The monoisotopic (exact) mass is 348 g/mol. The van der Waals surface area contributed by atoms with Gasteiger partial charge in [-0.1, -0.05) is 78.0 Å². The molecule has 0 saturated heterocycles. The van der Waals surface area contributed by atoms with Gasteiger partial charge >= 0.3 is 0 Å². The fourth-order valence-electron chi connectivity index (χ4n) is 3.76. The molecule has 0 atom stereocenters. The molecule has 0 fully saturated rings. The van der Waals surface area contributed by atoms with Crippen molar-refractivity contribution in [1.29, 1.82) is 0 Å². The summed E-state index contributed by atoms with van der Waals surface area (Å²) in [5.74, 6) is 1.02. The highest BCUT2D eigenvalue weighted by Crippen LogP contribution is 2.45. The molecule has 26 heavy (non-hydrogen) atoms. The van der Waals surface area contributed by atoms with Crippen LogP contribution in [-0.2, 0) is 10.8 Å². The van der Waals surface area contributed by atoms with E-state index >= 15 is 0 Å². The van der Waals surface area contributed by atoms with Gasteiger partial charge in [-0.05, 0) is 52.0 Å². The maximum Gasteiger partial charge on any atom is 0.130 e.